The van der Waals surface area contributed by atoms with Gasteiger partial charge in [-0.2, -0.15) is 0 Å². The first-order valence-corrected chi connectivity index (χ1v) is 9.55. The number of carbonyl (C=O) groups excluding carboxylic acids is 1. The van der Waals surface area contributed by atoms with Gasteiger partial charge in [-0.3, -0.25) is 9.59 Å². The van der Waals surface area contributed by atoms with E-state index in [1.54, 1.807) is 0 Å². The topological polar surface area (TPSA) is 69.6 Å². The van der Waals surface area contributed by atoms with E-state index in [0.717, 1.165) is 32.2 Å². The van der Waals surface area contributed by atoms with E-state index < -0.39 is 11.9 Å². The van der Waals surface area contributed by atoms with Crippen LogP contribution in [0.2, 0.25) is 0 Å². The first kappa shape index (κ1) is 16.1. The van der Waals surface area contributed by atoms with Crippen LogP contribution in [0.1, 0.15) is 38.5 Å². The van der Waals surface area contributed by atoms with Crippen LogP contribution in [-0.2, 0) is 9.59 Å². The van der Waals surface area contributed by atoms with Gasteiger partial charge in [0.2, 0.25) is 5.91 Å². The molecule has 24 heavy (non-hydrogen) atoms. The highest BCUT2D eigenvalue weighted by molar-refractivity contribution is 5.87. The Labute approximate surface area is 143 Å². The average molecular weight is 332 g/mol. The van der Waals surface area contributed by atoms with Gasteiger partial charge < -0.3 is 15.3 Å². The Bertz CT molecular complexity index is 549. The minimum absolute atomic E-state index is 0.0355. The molecule has 4 aliphatic rings. The van der Waals surface area contributed by atoms with Gasteiger partial charge in [-0.25, -0.2) is 0 Å². The highest BCUT2D eigenvalue weighted by atomic mass is 16.4. The van der Waals surface area contributed by atoms with Crippen LogP contribution in [0.15, 0.2) is 12.2 Å². The summed E-state index contributed by atoms with van der Waals surface area (Å²) in [4.78, 5) is 26.9. The Balaban J connectivity index is 1.28. The molecule has 0 aromatic carbocycles. The lowest BCUT2D eigenvalue weighted by Gasteiger charge is -2.23. The number of carbonyl (C=O) groups is 2. The molecular weight excluding hydrogens is 304 g/mol. The second-order valence-corrected chi connectivity index (χ2v) is 8.11. The van der Waals surface area contributed by atoms with Crippen LogP contribution < -0.4 is 5.32 Å². The molecule has 1 heterocycles. The van der Waals surface area contributed by atoms with Gasteiger partial charge in [0.25, 0.3) is 0 Å². The zero-order valence-corrected chi connectivity index (χ0v) is 14.2. The number of carboxylic acid groups (broad SMARTS) is 1. The van der Waals surface area contributed by atoms with E-state index in [1.807, 2.05) is 0 Å². The predicted octanol–water partition coefficient (Wildman–Crippen LogP) is 1.89. The Morgan fingerprint density at radius 1 is 1.08 bits per heavy atom. The van der Waals surface area contributed by atoms with Gasteiger partial charge in [-0.05, 0) is 75.4 Å². The largest absolute Gasteiger partial charge is 0.481 e. The summed E-state index contributed by atoms with van der Waals surface area (Å²) in [5.41, 5.74) is 0.112. The molecule has 1 saturated heterocycles. The summed E-state index contributed by atoms with van der Waals surface area (Å²) in [7, 11) is 0. The number of nitrogens with one attached hydrogen (secondary N) is 1. The summed E-state index contributed by atoms with van der Waals surface area (Å²) >= 11 is 0. The van der Waals surface area contributed by atoms with Gasteiger partial charge in [0.1, 0.15) is 0 Å². The molecule has 4 atom stereocenters. The van der Waals surface area contributed by atoms with E-state index in [9.17, 15) is 14.7 Å². The summed E-state index contributed by atoms with van der Waals surface area (Å²) in [6.07, 6.45) is 11.0. The fourth-order valence-electron chi connectivity index (χ4n) is 5.49. The molecule has 0 aromatic rings. The molecule has 2 unspecified atom stereocenters. The van der Waals surface area contributed by atoms with Crippen molar-refractivity contribution in [1.82, 2.24) is 10.2 Å². The number of hydrogen-bond acceptors (Lipinski definition) is 3. The third-order valence-corrected chi connectivity index (χ3v) is 6.83. The van der Waals surface area contributed by atoms with Gasteiger partial charge in [-0.1, -0.05) is 12.2 Å². The van der Waals surface area contributed by atoms with E-state index in [-0.39, 0.29) is 29.1 Å². The lowest BCUT2D eigenvalue weighted by atomic mass is 9.82. The minimum Gasteiger partial charge on any atom is -0.481 e. The van der Waals surface area contributed by atoms with Crippen molar-refractivity contribution in [3.63, 3.8) is 0 Å². The molecule has 5 nitrogen and oxygen atoms in total. The number of rotatable bonds is 7. The van der Waals surface area contributed by atoms with Crippen LogP contribution in [0.25, 0.3) is 0 Å². The smallest absolute Gasteiger partial charge is 0.307 e. The second kappa shape index (κ2) is 6.17. The average Bonchev–Trinajstić information content (AvgIpc) is 2.93. The number of allylic oxidation sites excluding steroid dienone is 2. The molecule has 2 bridgehead atoms. The molecule has 2 saturated carbocycles. The summed E-state index contributed by atoms with van der Waals surface area (Å²) in [5.74, 6) is -1.50. The Morgan fingerprint density at radius 2 is 1.75 bits per heavy atom. The van der Waals surface area contributed by atoms with E-state index in [2.05, 4.69) is 22.4 Å². The number of likely N-dealkylation sites (tertiary alicyclic amines) is 1. The van der Waals surface area contributed by atoms with Crippen LogP contribution in [-0.4, -0.2) is 48.1 Å². The molecule has 132 valence electrons. The number of amides is 1. The highest BCUT2D eigenvalue weighted by Crippen LogP contribution is 2.71. The molecule has 0 radical (unpaired) electrons. The molecule has 2 N–H and O–H groups in total. The highest BCUT2D eigenvalue weighted by Gasteiger charge is 2.69. The van der Waals surface area contributed by atoms with Crippen molar-refractivity contribution in [1.29, 1.82) is 0 Å². The van der Waals surface area contributed by atoms with Crippen LogP contribution in [0, 0.1) is 29.1 Å². The van der Waals surface area contributed by atoms with Crippen LogP contribution in [0.4, 0.5) is 0 Å². The van der Waals surface area contributed by atoms with Crippen LogP contribution >= 0.6 is 0 Å². The van der Waals surface area contributed by atoms with E-state index >= 15 is 0 Å². The van der Waals surface area contributed by atoms with Crippen molar-refractivity contribution in [2.45, 2.75) is 38.5 Å². The molecule has 4 rings (SSSR count). The summed E-state index contributed by atoms with van der Waals surface area (Å²) in [6, 6.07) is 0. The second-order valence-electron chi connectivity index (χ2n) is 8.11. The van der Waals surface area contributed by atoms with Crippen molar-refractivity contribution in [3.05, 3.63) is 12.2 Å². The standard InChI is InChI=1S/C19H28N2O3/c22-17(20-9-1-2-10-21-11-3-4-12-21)15-13-5-6-14(16(15)18(23)24)19(13)7-8-19/h5-6,13-16H,1-4,7-12H2,(H,20,22)(H,23,24)/t13?,14?,15-,16-/m1/s1. The van der Waals surface area contributed by atoms with Crippen molar-refractivity contribution >= 4 is 11.9 Å². The third-order valence-electron chi connectivity index (χ3n) is 6.83. The minimum atomic E-state index is -0.799. The Morgan fingerprint density at radius 3 is 2.38 bits per heavy atom. The molecule has 3 fully saturated rings. The van der Waals surface area contributed by atoms with Crippen molar-refractivity contribution < 1.29 is 14.7 Å². The number of nitrogens with zero attached hydrogens (tertiary/aromatic N) is 1. The molecule has 3 aliphatic carbocycles. The first-order valence-electron chi connectivity index (χ1n) is 9.55. The van der Waals surface area contributed by atoms with Gasteiger partial charge in [0, 0.05) is 6.54 Å². The summed E-state index contributed by atoms with van der Waals surface area (Å²) < 4.78 is 0. The van der Waals surface area contributed by atoms with Gasteiger partial charge in [-0.15, -0.1) is 0 Å². The lowest BCUT2D eigenvalue weighted by Crippen LogP contribution is -2.40. The maximum absolute atomic E-state index is 12.7. The van der Waals surface area contributed by atoms with Crippen molar-refractivity contribution in [2.24, 2.45) is 29.1 Å². The van der Waals surface area contributed by atoms with Crippen molar-refractivity contribution in [3.8, 4) is 0 Å². The normalized spacial score (nSPS) is 35.7. The first-order chi connectivity index (χ1) is 11.6. The third kappa shape index (κ3) is 2.57. The van der Waals surface area contributed by atoms with Gasteiger partial charge in [0.15, 0.2) is 0 Å². The van der Waals surface area contributed by atoms with Gasteiger partial charge >= 0.3 is 5.97 Å². The fraction of sp³-hybridized carbons (Fsp3) is 0.789. The molecule has 1 spiro atoms. The van der Waals surface area contributed by atoms with Crippen LogP contribution in [0.3, 0.4) is 0 Å². The zero-order valence-electron chi connectivity index (χ0n) is 14.2. The summed E-state index contributed by atoms with van der Waals surface area (Å²) in [5, 5.41) is 12.7. The number of carboxylic acids is 1. The number of aliphatic carboxylic acids is 1. The molecule has 1 amide bonds. The number of hydrogen-bond donors (Lipinski definition) is 2. The Hall–Kier alpha value is -1.36. The zero-order chi connectivity index (χ0) is 16.7. The molecule has 1 aliphatic heterocycles. The number of unbranched alkanes of at least 4 members (excludes halogenated alkanes) is 1. The van der Waals surface area contributed by atoms with E-state index in [1.165, 1.54) is 25.9 Å². The molecule has 5 heteroatoms. The predicted molar refractivity (Wildman–Crippen MR) is 90.3 cm³/mol. The molecular formula is C19H28N2O3. The molecule has 0 aromatic heterocycles. The van der Waals surface area contributed by atoms with Crippen molar-refractivity contribution in [2.75, 3.05) is 26.2 Å². The van der Waals surface area contributed by atoms with Gasteiger partial charge in [0.05, 0.1) is 11.8 Å². The van der Waals surface area contributed by atoms with E-state index in [0.29, 0.717) is 6.54 Å². The maximum atomic E-state index is 12.7. The fourth-order valence-corrected chi connectivity index (χ4v) is 5.49. The monoisotopic (exact) mass is 332 g/mol. The SMILES string of the molecule is O=C(O)[C@@H]1C2C=CC([C@H]1C(=O)NCCCCN1CCCC1)C21CC1. The van der Waals surface area contributed by atoms with Crippen LogP contribution in [0.5, 0.6) is 0 Å². The lowest BCUT2D eigenvalue weighted by molar-refractivity contribution is -0.147. The maximum Gasteiger partial charge on any atom is 0.307 e. The quantitative estimate of drug-likeness (QED) is 0.552. The van der Waals surface area contributed by atoms with E-state index in [4.69, 9.17) is 0 Å². The Kier molecular flexibility index (Phi) is 4.15. The summed E-state index contributed by atoms with van der Waals surface area (Å²) in [6.45, 7) is 4.22.